The fraction of sp³-hybridized carbons (Fsp3) is 0.300. The fourth-order valence-electron chi connectivity index (χ4n) is 2.58. The molecule has 0 aliphatic carbocycles. The van der Waals surface area contributed by atoms with Gasteiger partial charge < -0.3 is 24.6 Å². The summed E-state index contributed by atoms with van der Waals surface area (Å²) in [5, 5.41) is 11.5. The van der Waals surface area contributed by atoms with Gasteiger partial charge in [0.2, 0.25) is 0 Å². The lowest BCUT2D eigenvalue weighted by Gasteiger charge is -2.17. The SMILES string of the molecule is COc1cc(C(=O)NC(C)c2ccc(OCC(=O)O)cc2)cc(OC)c1C. The molecule has 2 aromatic carbocycles. The number of hydrogen-bond donors (Lipinski definition) is 2. The molecule has 1 amide bonds. The summed E-state index contributed by atoms with van der Waals surface area (Å²) in [4.78, 5) is 23.1. The molecule has 0 spiro atoms. The van der Waals surface area contributed by atoms with Crippen molar-refractivity contribution in [3.63, 3.8) is 0 Å². The van der Waals surface area contributed by atoms with Crippen LogP contribution in [0.15, 0.2) is 36.4 Å². The molecule has 7 nitrogen and oxygen atoms in total. The lowest BCUT2D eigenvalue weighted by Crippen LogP contribution is -2.26. The minimum atomic E-state index is -1.04. The van der Waals surface area contributed by atoms with Gasteiger partial charge in [-0.05, 0) is 43.7 Å². The van der Waals surface area contributed by atoms with Crippen LogP contribution < -0.4 is 19.5 Å². The minimum Gasteiger partial charge on any atom is -0.496 e. The molecule has 0 aliphatic rings. The monoisotopic (exact) mass is 373 g/mol. The van der Waals surface area contributed by atoms with Crippen LogP contribution in [0.25, 0.3) is 0 Å². The predicted molar refractivity (Wildman–Crippen MR) is 99.7 cm³/mol. The molecule has 1 unspecified atom stereocenters. The molecule has 2 rings (SSSR count). The number of ether oxygens (including phenoxy) is 3. The van der Waals surface area contributed by atoms with Gasteiger partial charge in [-0.25, -0.2) is 4.79 Å². The molecule has 144 valence electrons. The smallest absolute Gasteiger partial charge is 0.341 e. The van der Waals surface area contributed by atoms with E-state index in [9.17, 15) is 9.59 Å². The summed E-state index contributed by atoms with van der Waals surface area (Å²) >= 11 is 0. The average molecular weight is 373 g/mol. The van der Waals surface area contributed by atoms with Crippen LogP contribution in [0.3, 0.4) is 0 Å². The molecule has 0 fully saturated rings. The third kappa shape index (κ3) is 5.13. The van der Waals surface area contributed by atoms with E-state index in [1.807, 2.05) is 13.8 Å². The second-order valence-corrected chi connectivity index (χ2v) is 5.95. The van der Waals surface area contributed by atoms with Crippen molar-refractivity contribution in [2.45, 2.75) is 19.9 Å². The van der Waals surface area contributed by atoms with E-state index in [1.165, 1.54) is 0 Å². The van der Waals surface area contributed by atoms with Gasteiger partial charge in [0.05, 0.1) is 20.3 Å². The number of rotatable bonds is 8. The highest BCUT2D eigenvalue weighted by molar-refractivity contribution is 5.95. The van der Waals surface area contributed by atoms with Gasteiger partial charge in [-0.2, -0.15) is 0 Å². The topological polar surface area (TPSA) is 94.1 Å². The number of benzene rings is 2. The number of amides is 1. The van der Waals surface area contributed by atoms with Crippen molar-refractivity contribution in [3.05, 3.63) is 53.1 Å². The van der Waals surface area contributed by atoms with E-state index < -0.39 is 12.6 Å². The van der Waals surface area contributed by atoms with E-state index in [1.54, 1.807) is 50.6 Å². The zero-order valence-corrected chi connectivity index (χ0v) is 15.7. The van der Waals surface area contributed by atoms with Crippen molar-refractivity contribution in [3.8, 4) is 17.2 Å². The average Bonchev–Trinajstić information content (AvgIpc) is 2.66. The highest BCUT2D eigenvalue weighted by Crippen LogP contribution is 2.29. The van der Waals surface area contributed by atoms with Crippen LogP contribution in [-0.4, -0.2) is 37.8 Å². The van der Waals surface area contributed by atoms with Gasteiger partial charge in [-0.15, -0.1) is 0 Å². The quantitative estimate of drug-likeness (QED) is 0.739. The van der Waals surface area contributed by atoms with Crippen LogP contribution in [0.5, 0.6) is 17.2 Å². The molecule has 0 saturated carbocycles. The maximum absolute atomic E-state index is 12.6. The zero-order chi connectivity index (χ0) is 20.0. The number of carboxylic acid groups (broad SMARTS) is 1. The molecule has 2 aromatic rings. The molecule has 0 aliphatic heterocycles. The summed E-state index contributed by atoms with van der Waals surface area (Å²) < 4.78 is 15.7. The van der Waals surface area contributed by atoms with Crippen molar-refractivity contribution < 1.29 is 28.9 Å². The fourth-order valence-corrected chi connectivity index (χ4v) is 2.58. The summed E-state index contributed by atoms with van der Waals surface area (Å²) in [6, 6.07) is 9.96. The third-order valence-electron chi connectivity index (χ3n) is 4.10. The van der Waals surface area contributed by atoms with Crippen molar-refractivity contribution in [1.82, 2.24) is 5.32 Å². The molecule has 0 radical (unpaired) electrons. The largest absolute Gasteiger partial charge is 0.496 e. The Morgan fingerprint density at radius 1 is 1.07 bits per heavy atom. The van der Waals surface area contributed by atoms with Crippen molar-refractivity contribution in [2.75, 3.05) is 20.8 Å². The Kier molecular flexibility index (Phi) is 6.65. The summed E-state index contributed by atoms with van der Waals surface area (Å²) in [5.41, 5.74) is 2.11. The second-order valence-electron chi connectivity index (χ2n) is 5.95. The van der Waals surface area contributed by atoms with E-state index >= 15 is 0 Å². The molecule has 0 saturated heterocycles. The zero-order valence-electron chi connectivity index (χ0n) is 15.7. The van der Waals surface area contributed by atoms with E-state index in [0.29, 0.717) is 22.8 Å². The van der Waals surface area contributed by atoms with E-state index in [4.69, 9.17) is 19.3 Å². The first kappa shape index (κ1) is 20.1. The second kappa shape index (κ2) is 8.93. The number of carbonyl (C=O) groups is 2. The Morgan fingerprint density at radius 3 is 2.11 bits per heavy atom. The summed E-state index contributed by atoms with van der Waals surface area (Å²) in [6.07, 6.45) is 0. The lowest BCUT2D eigenvalue weighted by molar-refractivity contribution is -0.139. The van der Waals surface area contributed by atoms with Gasteiger partial charge in [0.1, 0.15) is 17.2 Å². The van der Waals surface area contributed by atoms with Crippen molar-refractivity contribution in [1.29, 1.82) is 0 Å². The number of methoxy groups -OCH3 is 2. The normalized spacial score (nSPS) is 11.4. The van der Waals surface area contributed by atoms with E-state index in [0.717, 1.165) is 11.1 Å². The molecule has 0 bridgehead atoms. The minimum absolute atomic E-state index is 0.259. The molecular weight excluding hydrogens is 350 g/mol. The van der Waals surface area contributed by atoms with Gasteiger partial charge in [0.25, 0.3) is 5.91 Å². The van der Waals surface area contributed by atoms with Gasteiger partial charge in [0.15, 0.2) is 6.61 Å². The highest BCUT2D eigenvalue weighted by atomic mass is 16.5. The highest BCUT2D eigenvalue weighted by Gasteiger charge is 2.16. The van der Waals surface area contributed by atoms with Crippen LogP contribution in [0, 0.1) is 6.92 Å². The summed E-state index contributed by atoms with van der Waals surface area (Å²) in [6.45, 7) is 3.31. The first-order valence-electron chi connectivity index (χ1n) is 8.33. The van der Waals surface area contributed by atoms with Gasteiger partial charge in [-0.1, -0.05) is 12.1 Å². The lowest BCUT2D eigenvalue weighted by atomic mass is 10.1. The van der Waals surface area contributed by atoms with Crippen LogP contribution in [-0.2, 0) is 4.79 Å². The van der Waals surface area contributed by atoms with Crippen LogP contribution in [0.2, 0.25) is 0 Å². The molecule has 27 heavy (non-hydrogen) atoms. The molecule has 0 heterocycles. The Labute approximate surface area is 157 Å². The predicted octanol–water partition coefficient (Wildman–Crippen LogP) is 2.97. The van der Waals surface area contributed by atoms with E-state index in [-0.39, 0.29) is 11.9 Å². The molecule has 0 aromatic heterocycles. The Morgan fingerprint density at radius 2 is 1.63 bits per heavy atom. The number of nitrogens with one attached hydrogen (secondary N) is 1. The number of carboxylic acids is 1. The van der Waals surface area contributed by atoms with E-state index in [2.05, 4.69) is 5.32 Å². The molecule has 7 heteroatoms. The molecule has 2 N–H and O–H groups in total. The van der Waals surface area contributed by atoms with Crippen LogP contribution in [0.4, 0.5) is 0 Å². The van der Waals surface area contributed by atoms with Gasteiger partial charge in [-0.3, -0.25) is 4.79 Å². The number of hydrogen-bond acceptors (Lipinski definition) is 5. The Hall–Kier alpha value is -3.22. The van der Waals surface area contributed by atoms with Crippen LogP contribution >= 0.6 is 0 Å². The maximum atomic E-state index is 12.6. The maximum Gasteiger partial charge on any atom is 0.341 e. The van der Waals surface area contributed by atoms with Crippen molar-refractivity contribution >= 4 is 11.9 Å². The van der Waals surface area contributed by atoms with Crippen LogP contribution in [0.1, 0.15) is 34.5 Å². The van der Waals surface area contributed by atoms with Crippen molar-refractivity contribution in [2.24, 2.45) is 0 Å². The Bertz CT molecular complexity index is 791. The first-order chi connectivity index (χ1) is 12.8. The molecule has 1 atom stereocenters. The number of aliphatic carboxylic acids is 1. The standard InChI is InChI=1S/C20H23NO6/c1-12-17(25-3)9-15(10-18(12)26-4)20(24)21-13(2)14-5-7-16(8-6-14)27-11-19(22)23/h5-10,13H,11H2,1-4H3,(H,21,24)(H,22,23). The number of carbonyl (C=O) groups excluding carboxylic acids is 1. The Balaban J connectivity index is 2.10. The summed E-state index contributed by atoms with van der Waals surface area (Å²) in [7, 11) is 3.08. The van der Waals surface area contributed by atoms with Gasteiger partial charge >= 0.3 is 5.97 Å². The third-order valence-corrected chi connectivity index (χ3v) is 4.10. The molecular formula is C20H23NO6. The van der Waals surface area contributed by atoms with Gasteiger partial charge in [0, 0.05) is 11.1 Å². The first-order valence-corrected chi connectivity index (χ1v) is 8.33. The summed E-state index contributed by atoms with van der Waals surface area (Å²) in [5.74, 6) is 0.306.